The highest BCUT2D eigenvalue weighted by atomic mass is 16.5. The first-order chi connectivity index (χ1) is 9.79. The Labute approximate surface area is 117 Å². The lowest BCUT2D eigenvalue weighted by molar-refractivity contribution is 0.175. The van der Waals surface area contributed by atoms with E-state index in [2.05, 4.69) is 10.3 Å². The summed E-state index contributed by atoms with van der Waals surface area (Å²) < 4.78 is 7.26. The van der Waals surface area contributed by atoms with Crippen LogP contribution in [0.1, 0.15) is 6.42 Å². The zero-order chi connectivity index (χ0) is 13.9. The number of ether oxygens (including phenoxy) is 1. The van der Waals surface area contributed by atoms with Gasteiger partial charge in [-0.05, 0) is 25.6 Å². The van der Waals surface area contributed by atoms with Crippen LogP contribution in [0.2, 0.25) is 0 Å². The summed E-state index contributed by atoms with van der Waals surface area (Å²) in [5.41, 5.74) is 1.69. The molecule has 0 radical (unpaired) electrons. The van der Waals surface area contributed by atoms with Crippen molar-refractivity contribution < 1.29 is 4.74 Å². The Morgan fingerprint density at radius 3 is 3.10 bits per heavy atom. The van der Waals surface area contributed by atoms with Gasteiger partial charge in [0.25, 0.3) is 5.56 Å². The fourth-order valence-corrected chi connectivity index (χ4v) is 2.85. The molecule has 106 valence electrons. The Kier molecular flexibility index (Phi) is 3.80. The molecule has 0 bridgehead atoms. The fraction of sp³-hybridized carbons (Fsp3) is 0.467. The molecule has 3 rings (SSSR count). The molecule has 0 spiro atoms. The van der Waals surface area contributed by atoms with Crippen molar-refractivity contribution >= 4 is 11.0 Å². The number of rotatable bonds is 4. The first-order valence-corrected chi connectivity index (χ1v) is 6.99. The van der Waals surface area contributed by atoms with E-state index in [-0.39, 0.29) is 11.6 Å². The maximum Gasteiger partial charge on any atom is 0.269 e. The molecule has 1 aromatic carbocycles. The molecule has 2 aromatic rings. The van der Waals surface area contributed by atoms with E-state index in [0.717, 1.165) is 30.7 Å². The summed E-state index contributed by atoms with van der Waals surface area (Å²) in [6.45, 7) is 2.23. The predicted molar refractivity (Wildman–Crippen MR) is 77.8 cm³/mol. The van der Waals surface area contributed by atoms with E-state index in [4.69, 9.17) is 4.74 Å². The molecule has 0 amide bonds. The van der Waals surface area contributed by atoms with Gasteiger partial charge in [-0.25, -0.2) is 4.98 Å². The van der Waals surface area contributed by atoms with Gasteiger partial charge in [0.1, 0.15) is 0 Å². The summed E-state index contributed by atoms with van der Waals surface area (Å²) in [4.78, 5) is 16.3. The molecule has 5 heteroatoms. The number of nitrogens with zero attached hydrogens (tertiary/aromatic N) is 2. The Bertz CT molecular complexity index is 647. The minimum Gasteiger partial charge on any atom is -0.381 e. The SMILES string of the molecule is CNC(Cn1c(=O)cnc2ccccc21)C1CCOC1. The second-order valence-electron chi connectivity index (χ2n) is 5.21. The van der Waals surface area contributed by atoms with Crippen LogP contribution < -0.4 is 10.9 Å². The van der Waals surface area contributed by atoms with Gasteiger partial charge < -0.3 is 14.6 Å². The molecule has 2 atom stereocenters. The molecule has 1 fully saturated rings. The molecule has 1 aliphatic rings. The molecule has 0 aliphatic carbocycles. The highest BCUT2D eigenvalue weighted by molar-refractivity contribution is 5.74. The molecule has 5 nitrogen and oxygen atoms in total. The Hall–Kier alpha value is -1.72. The molecule has 1 aromatic heterocycles. The first-order valence-electron chi connectivity index (χ1n) is 6.99. The minimum absolute atomic E-state index is 0.0529. The van der Waals surface area contributed by atoms with Crippen LogP contribution in [0.25, 0.3) is 11.0 Å². The number of likely N-dealkylation sites (N-methyl/N-ethyl adjacent to an activating group) is 1. The van der Waals surface area contributed by atoms with Gasteiger partial charge in [0.15, 0.2) is 0 Å². The summed E-state index contributed by atoms with van der Waals surface area (Å²) in [5.74, 6) is 0.457. The summed E-state index contributed by atoms with van der Waals surface area (Å²) in [6.07, 6.45) is 2.45. The van der Waals surface area contributed by atoms with Crippen LogP contribution in [0.4, 0.5) is 0 Å². The van der Waals surface area contributed by atoms with Crippen LogP contribution in [0.15, 0.2) is 35.3 Å². The van der Waals surface area contributed by atoms with E-state index < -0.39 is 0 Å². The van der Waals surface area contributed by atoms with Crippen molar-refractivity contribution in [2.45, 2.75) is 19.0 Å². The summed E-state index contributed by atoms with van der Waals surface area (Å²) in [5, 5.41) is 3.32. The predicted octanol–water partition coefficient (Wildman–Crippen LogP) is 1.02. The average Bonchev–Trinajstić information content (AvgIpc) is 3.00. The van der Waals surface area contributed by atoms with Gasteiger partial charge in [0, 0.05) is 25.1 Å². The number of nitrogens with one attached hydrogen (secondary N) is 1. The normalized spacial score (nSPS) is 20.4. The second kappa shape index (κ2) is 5.73. The maximum absolute atomic E-state index is 12.1. The van der Waals surface area contributed by atoms with Gasteiger partial charge in [-0.15, -0.1) is 0 Å². The number of fused-ring (bicyclic) bond motifs is 1. The lowest BCUT2D eigenvalue weighted by Gasteiger charge is -2.23. The highest BCUT2D eigenvalue weighted by Gasteiger charge is 2.25. The van der Waals surface area contributed by atoms with Gasteiger partial charge in [0.2, 0.25) is 0 Å². The van der Waals surface area contributed by atoms with Crippen molar-refractivity contribution in [2.75, 3.05) is 20.3 Å². The van der Waals surface area contributed by atoms with Crippen molar-refractivity contribution in [1.82, 2.24) is 14.9 Å². The lowest BCUT2D eigenvalue weighted by Crippen LogP contribution is -2.40. The third-order valence-corrected chi connectivity index (χ3v) is 4.04. The zero-order valence-electron chi connectivity index (χ0n) is 11.6. The van der Waals surface area contributed by atoms with Crippen LogP contribution in [-0.2, 0) is 11.3 Å². The van der Waals surface area contributed by atoms with Crippen LogP contribution >= 0.6 is 0 Å². The Morgan fingerprint density at radius 2 is 2.35 bits per heavy atom. The molecule has 20 heavy (non-hydrogen) atoms. The van der Waals surface area contributed by atoms with Gasteiger partial charge >= 0.3 is 0 Å². The molecule has 1 N–H and O–H groups in total. The van der Waals surface area contributed by atoms with Gasteiger partial charge in [-0.2, -0.15) is 0 Å². The highest BCUT2D eigenvalue weighted by Crippen LogP contribution is 2.18. The minimum atomic E-state index is -0.0529. The third kappa shape index (κ3) is 2.46. The third-order valence-electron chi connectivity index (χ3n) is 4.04. The molecule has 1 aliphatic heterocycles. The van der Waals surface area contributed by atoms with Crippen molar-refractivity contribution in [3.63, 3.8) is 0 Å². The van der Waals surface area contributed by atoms with E-state index in [0.29, 0.717) is 12.5 Å². The first kappa shape index (κ1) is 13.3. The number of hydrogen-bond acceptors (Lipinski definition) is 4. The summed E-state index contributed by atoms with van der Waals surface area (Å²) in [6, 6.07) is 7.98. The van der Waals surface area contributed by atoms with Crippen molar-refractivity contribution in [3.8, 4) is 0 Å². The molecule has 1 saturated heterocycles. The van der Waals surface area contributed by atoms with Crippen molar-refractivity contribution in [1.29, 1.82) is 0 Å². The van der Waals surface area contributed by atoms with Gasteiger partial charge in [-0.1, -0.05) is 12.1 Å². The lowest BCUT2D eigenvalue weighted by atomic mass is 9.99. The van der Waals surface area contributed by atoms with E-state index in [1.54, 1.807) is 0 Å². The number of hydrogen-bond donors (Lipinski definition) is 1. The smallest absolute Gasteiger partial charge is 0.269 e. The van der Waals surface area contributed by atoms with Crippen LogP contribution in [-0.4, -0.2) is 35.9 Å². The van der Waals surface area contributed by atoms with E-state index in [1.165, 1.54) is 6.20 Å². The molecule has 2 heterocycles. The molecule has 2 unspecified atom stereocenters. The number of para-hydroxylation sites is 2. The monoisotopic (exact) mass is 273 g/mol. The van der Waals surface area contributed by atoms with Crippen LogP contribution in [0, 0.1) is 5.92 Å². The summed E-state index contributed by atoms with van der Waals surface area (Å²) >= 11 is 0. The van der Waals surface area contributed by atoms with Crippen LogP contribution in [0.3, 0.4) is 0 Å². The van der Waals surface area contributed by atoms with Gasteiger partial charge in [0.05, 0.1) is 23.8 Å². The molecule has 0 saturated carbocycles. The fourth-order valence-electron chi connectivity index (χ4n) is 2.85. The zero-order valence-corrected chi connectivity index (χ0v) is 11.6. The van der Waals surface area contributed by atoms with E-state index in [1.807, 2.05) is 35.9 Å². The maximum atomic E-state index is 12.1. The standard InChI is InChI=1S/C15H19N3O2/c1-16-13(11-6-7-20-10-11)9-18-14-5-3-2-4-12(14)17-8-15(18)19/h2-5,8,11,13,16H,6-7,9-10H2,1H3. The average molecular weight is 273 g/mol. The number of benzene rings is 1. The molecular weight excluding hydrogens is 254 g/mol. The van der Waals surface area contributed by atoms with Crippen molar-refractivity contribution in [3.05, 3.63) is 40.8 Å². The topological polar surface area (TPSA) is 56.2 Å². The van der Waals surface area contributed by atoms with E-state index in [9.17, 15) is 4.79 Å². The summed E-state index contributed by atoms with van der Waals surface area (Å²) in [7, 11) is 1.94. The number of aromatic nitrogens is 2. The van der Waals surface area contributed by atoms with E-state index >= 15 is 0 Å². The molecular formula is C15H19N3O2. The van der Waals surface area contributed by atoms with Gasteiger partial charge in [-0.3, -0.25) is 4.79 Å². The largest absolute Gasteiger partial charge is 0.381 e. The Balaban J connectivity index is 1.96. The Morgan fingerprint density at radius 1 is 1.50 bits per heavy atom. The van der Waals surface area contributed by atoms with Crippen molar-refractivity contribution in [2.24, 2.45) is 5.92 Å². The second-order valence-corrected chi connectivity index (χ2v) is 5.21. The van der Waals surface area contributed by atoms with Crippen LogP contribution in [0.5, 0.6) is 0 Å². The quantitative estimate of drug-likeness (QED) is 0.903.